The molecule has 0 radical (unpaired) electrons. The van der Waals surface area contributed by atoms with E-state index in [1.54, 1.807) is 42.7 Å². The third-order valence-corrected chi connectivity index (χ3v) is 3.32. The highest BCUT2D eigenvalue weighted by atomic mass is 19.1. The van der Waals surface area contributed by atoms with Crippen LogP contribution in [0, 0.1) is 5.82 Å². The first-order chi connectivity index (χ1) is 10.7. The molecule has 1 aromatic heterocycles. The third-order valence-electron chi connectivity index (χ3n) is 3.32. The van der Waals surface area contributed by atoms with Gasteiger partial charge >= 0.3 is 0 Å². The summed E-state index contributed by atoms with van der Waals surface area (Å²) in [5, 5.41) is 2.71. The van der Waals surface area contributed by atoms with Crippen molar-refractivity contribution >= 4 is 5.91 Å². The lowest BCUT2D eigenvalue weighted by Crippen LogP contribution is -2.23. The molecule has 2 N–H and O–H groups in total. The Labute approximate surface area is 127 Å². The number of hydrogen-bond donors (Lipinski definition) is 2. The topological polar surface area (TPSA) is 57.8 Å². The quantitative estimate of drug-likeness (QED) is 0.777. The average molecular weight is 295 g/mol. The minimum absolute atomic E-state index is 0.158. The number of rotatable bonds is 4. The smallest absolute Gasteiger partial charge is 0.251 e. The van der Waals surface area contributed by atoms with Crippen LogP contribution in [0.25, 0.3) is 11.4 Å². The molecule has 0 spiro atoms. The van der Waals surface area contributed by atoms with Crippen molar-refractivity contribution in [1.29, 1.82) is 0 Å². The molecule has 0 saturated heterocycles. The van der Waals surface area contributed by atoms with Gasteiger partial charge in [0.15, 0.2) is 0 Å². The fourth-order valence-corrected chi connectivity index (χ4v) is 2.12. The van der Waals surface area contributed by atoms with Crippen LogP contribution < -0.4 is 5.32 Å². The second-order valence-corrected chi connectivity index (χ2v) is 4.79. The highest BCUT2D eigenvalue weighted by Gasteiger charge is 2.08. The van der Waals surface area contributed by atoms with E-state index in [1.807, 2.05) is 12.1 Å². The van der Waals surface area contributed by atoms with Crippen LogP contribution in [0.15, 0.2) is 60.9 Å². The minimum atomic E-state index is -0.323. The van der Waals surface area contributed by atoms with Crippen LogP contribution in [0.5, 0.6) is 0 Å². The number of amides is 1. The number of aromatic nitrogens is 2. The summed E-state index contributed by atoms with van der Waals surface area (Å²) in [6.45, 7) is 0.158. The fourth-order valence-electron chi connectivity index (χ4n) is 2.12. The van der Waals surface area contributed by atoms with Gasteiger partial charge in [0.05, 0.1) is 0 Å². The van der Waals surface area contributed by atoms with Gasteiger partial charge in [-0.25, -0.2) is 9.37 Å². The molecule has 22 heavy (non-hydrogen) atoms. The summed E-state index contributed by atoms with van der Waals surface area (Å²) in [7, 11) is 0. The molecule has 3 rings (SSSR count). The van der Waals surface area contributed by atoms with Gasteiger partial charge in [-0.05, 0) is 18.2 Å². The third kappa shape index (κ3) is 3.03. The first-order valence-electron chi connectivity index (χ1n) is 6.85. The Hall–Kier alpha value is -2.95. The van der Waals surface area contributed by atoms with Gasteiger partial charge in [0.1, 0.15) is 11.6 Å². The first-order valence-corrected chi connectivity index (χ1v) is 6.85. The predicted octanol–water partition coefficient (Wildman–Crippen LogP) is 3.15. The molecular formula is C17H14FN3O. The maximum absolute atomic E-state index is 13.5. The Balaban J connectivity index is 1.67. The van der Waals surface area contributed by atoms with Crippen LogP contribution in [-0.2, 0) is 6.54 Å². The van der Waals surface area contributed by atoms with E-state index in [2.05, 4.69) is 15.3 Å². The number of carbonyl (C=O) groups excluding carboxylic acids is 1. The van der Waals surface area contributed by atoms with Crippen LogP contribution >= 0.6 is 0 Å². The van der Waals surface area contributed by atoms with Crippen LogP contribution in [-0.4, -0.2) is 15.9 Å². The van der Waals surface area contributed by atoms with E-state index >= 15 is 0 Å². The number of hydrogen-bond acceptors (Lipinski definition) is 2. The Morgan fingerprint density at radius 1 is 1.14 bits per heavy atom. The summed E-state index contributed by atoms with van der Waals surface area (Å²) >= 11 is 0. The van der Waals surface area contributed by atoms with Crippen molar-refractivity contribution in [3.8, 4) is 11.4 Å². The summed E-state index contributed by atoms with van der Waals surface area (Å²) in [5.74, 6) is 0.184. The van der Waals surface area contributed by atoms with Gasteiger partial charge < -0.3 is 10.3 Å². The zero-order chi connectivity index (χ0) is 15.4. The Bertz CT molecular complexity index is 767. The Morgan fingerprint density at radius 2 is 1.91 bits per heavy atom. The van der Waals surface area contributed by atoms with Crippen LogP contribution in [0.3, 0.4) is 0 Å². The predicted molar refractivity (Wildman–Crippen MR) is 81.6 cm³/mol. The van der Waals surface area contributed by atoms with Gasteiger partial charge in [0, 0.05) is 35.6 Å². The van der Waals surface area contributed by atoms with Crippen molar-refractivity contribution in [1.82, 2.24) is 15.3 Å². The highest BCUT2D eigenvalue weighted by molar-refractivity contribution is 5.94. The number of nitrogens with one attached hydrogen (secondary N) is 2. The van der Waals surface area contributed by atoms with E-state index in [0.717, 1.165) is 11.4 Å². The molecule has 0 aliphatic rings. The molecule has 2 aromatic carbocycles. The Morgan fingerprint density at radius 3 is 2.59 bits per heavy atom. The largest absolute Gasteiger partial charge is 0.348 e. The van der Waals surface area contributed by atoms with Crippen molar-refractivity contribution in [3.63, 3.8) is 0 Å². The molecule has 0 aliphatic carbocycles. The Kier molecular flexibility index (Phi) is 3.96. The number of nitrogens with zero attached hydrogens (tertiary/aromatic N) is 1. The zero-order valence-electron chi connectivity index (χ0n) is 11.7. The van der Waals surface area contributed by atoms with Crippen molar-refractivity contribution in [2.75, 3.05) is 0 Å². The van der Waals surface area contributed by atoms with E-state index in [4.69, 9.17) is 0 Å². The molecule has 0 bridgehead atoms. The second-order valence-electron chi connectivity index (χ2n) is 4.79. The van der Waals surface area contributed by atoms with Crippen molar-refractivity contribution in [2.24, 2.45) is 0 Å². The summed E-state index contributed by atoms with van der Waals surface area (Å²) in [6, 6.07) is 13.4. The molecule has 0 atom stereocenters. The van der Waals surface area contributed by atoms with E-state index in [0.29, 0.717) is 11.1 Å². The van der Waals surface area contributed by atoms with Crippen LogP contribution in [0.4, 0.5) is 4.39 Å². The van der Waals surface area contributed by atoms with Gasteiger partial charge in [0.2, 0.25) is 0 Å². The van der Waals surface area contributed by atoms with Crippen molar-refractivity contribution in [3.05, 3.63) is 77.9 Å². The summed E-state index contributed by atoms with van der Waals surface area (Å²) in [5.41, 5.74) is 1.88. The maximum atomic E-state index is 13.5. The lowest BCUT2D eigenvalue weighted by molar-refractivity contribution is 0.0950. The molecule has 4 nitrogen and oxygen atoms in total. The number of imidazole rings is 1. The average Bonchev–Trinajstić information content (AvgIpc) is 3.08. The lowest BCUT2D eigenvalue weighted by Gasteiger charge is -2.07. The zero-order valence-corrected chi connectivity index (χ0v) is 11.7. The standard InChI is InChI=1S/C17H14FN3O/c18-15-4-2-1-3-14(15)11-21-17(22)13-7-5-12(6-8-13)16-19-9-10-20-16/h1-10H,11H2,(H,19,20)(H,21,22). The molecular weight excluding hydrogens is 281 g/mol. The van der Waals surface area contributed by atoms with Gasteiger partial charge in [-0.15, -0.1) is 0 Å². The SMILES string of the molecule is O=C(NCc1ccccc1F)c1ccc(-c2ncc[nH]2)cc1. The van der Waals surface area contributed by atoms with Gasteiger partial charge in [0.25, 0.3) is 5.91 Å². The second kappa shape index (κ2) is 6.22. The minimum Gasteiger partial charge on any atom is -0.348 e. The molecule has 3 aromatic rings. The van der Waals surface area contributed by atoms with Crippen LogP contribution in [0.1, 0.15) is 15.9 Å². The molecule has 0 saturated carbocycles. The molecule has 110 valence electrons. The van der Waals surface area contributed by atoms with Gasteiger partial charge in [-0.2, -0.15) is 0 Å². The fraction of sp³-hybridized carbons (Fsp3) is 0.0588. The number of H-pyrrole nitrogens is 1. The van der Waals surface area contributed by atoms with Crippen molar-refractivity contribution in [2.45, 2.75) is 6.54 Å². The lowest BCUT2D eigenvalue weighted by atomic mass is 10.1. The highest BCUT2D eigenvalue weighted by Crippen LogP contribution is 2.15. The van der Waals surface area contributed by atoms with E-state index in [9.17, 15) is 9.18 Å². The first kappa shape index (κ1) is 14.0. The monoisotopic (exact) mass is 295 g/mol. The number of aromatic amines is 1. The van der Waals surface area contributed by atoms with Gasteiger partial charge in [-0.3, -0.25) is 4.79 Å². The molecule has 0 fully saturated rings. The number of benzene rings is 2. The van der Waals surface area contributed by atoms with E-state index in [-0.39, 0.29) is 18.3 Å². The maximum Gasteiger partial charge on any atom is 0.251 e. The molecule has 1 heterocycles. The van der Waals surface area contributed by atoms with E-state index in [1.165, 1.54) is 6.07 Å². The summed E-state index contributed by atoms with van der Waals surface area (Å²) in [4.78, 5) is 19.2. The molecule has 0 unspecified atom stereocenters. The van der Waals surface area contributed by atoms with Crippen LogP contribution in [0.2, 0.25) is 0 Å². The van der Waals surface area contributed by atoms with Crippen molar-refractivity contribution < 1.29 is 9.18 Å². The van der Waals surface area contributed by atoms with E-state index < -0.39 is 0 Å². The normalized spacial score (nSPS) is 10.4. The molecule has 5 heteroatoms. The summed E-state index contributed by atoms with van der Waals surface area (Å²) < 4.78 is 13.5. The number of halogens is 1. The van der Waals surface area contributed by atoms with Gasteiger partial charge in [-0.1, -0.05) is 30.3 Å². The summed E-state index contributed by atoms with van der Waals surface area (Å²) in [6.07, 6.45) is 3.41. The molecule has 0 aliphatic heterocycles. The molecule has 1 amide bonds. The number of carbonyl (C=O) groups is 1.